The van der Waals surface area contributed by atoms with Gasteiger partial charge in [-0.25, -0.2) is 13.4 Å². The van der Waals surface area contributed by atoms with Crippen molar-refractivity contribution in [2.75, 3.05) is 11.9 Å². The average molecular weight is 471 g/mol. The number of benzene rings is 2. The third-order valence-corrected chi connectivity index (χ3v) is 8.69. The maximum Gasteiger partial charge on any atom is 0.230 e. The Bertz CT molecular complexity index is 1180. The molecule has 1 fully saturated rings. The lowest BCUT2D eigenvalue weighted by Gasteiger charge is -2.12. The lowest BCUT2D eigenvalue weighted by atomic mass is 10.2. The zero-order chi connectivity index (χ0) is 22.6. The molecule has 8 heteroatoms. The van der Waals surface area contributed by atoms with Gasteiger partial charge in [0.05, 0.1) is 28.9 Å². The van der Waals surface area contributed by atoms with Gasteiger partial charge in [0.25, 0.3) is 0 Å². The number of aromatic nitrogens is 1. The third-order valence-electron chi connectivity index (χ3n) is 5.49. The van der Waals surface area contributed by atoms with Crippen LogP contribution in [0.5, 0.6) is 5.75 Å². The summed E-state index contributed by atoms with van der Waals surface area (Å²) in [6.07, 6.45) is 3.44. The minimum Gasteiger partial charge on any atom is -0.494 e. The number of thiazole rings is 1. The summed E-state index contributed by atoms with van der Waals surface area (Å²) in [6, 6.07) is 14.2. The van der Waals surface area contributed by atoms with E-state index in [0.717, 1.165) is 29.2 Å². The molecule has 0 radical (unpaired) electrons. The molecule has 3 aromatic rings. The number of sulfone groups is 1. The summed E-state index contributed by atoms with van der Waals surface area (Å²) < 4.78 is 31.1. The number of hydrogen-bond donors (Lipinski definition) is 1. The van der Waals surface area contributed by atoms with Crippen LogP contribution in [0, 0.1) is 0 Å². The van der Waals surface area contributed by atoms with Crippen LogP contribution in [0.3, 0.4) is 0 Å². The summed E-state index contributed by atoms with van der Waals surface area (Å²) in [4.78, 5) is 17.4. The van der Waals surface area contributed by atoms with Crippen molar-refractivity contribution in [2.45, 2.75) is 49.2 Å². The first-order chi connectivity index (χ1) is 15.5. The van der Waals surface area contributed by atoms with Crippen molar-refractivity contribution in [1.29, 1.82) is 0 Å². The van der Waals surface area contributed by atoms with E-state index in [0.29, 0.717) is 30.8 Å². The smallest absolute Gasteiger partial charge is 0.230 e. The fourth-order valence-electron chi connectivity index (χ4n) is 3.89. The van der Waals surface area contributed by atoms with Crippen molar-refractivity contribution in [3.05, 3.63) is 59.6 Å². The van der Waals surface area contributed by atoms with Gasteiger partial charge >= 0.3 is 0 Å². The van der Waals surface area contributed by atoms with Gasteiger partial charge in [0.2, 0.25) is 5.91 Å². The minimum atomic E-state index is -3.36. The molecule has 1 aliphatic rings. The predicted molar refractivity (Wildman–Crippen MR) is 127 cm³/mol. The Morgan fingerprint density at radius 3 is 2.62 bits per heavy atom. The average Bonchev–Trinajstić information content (AvgIpc) is 3.47. The Hall–Kier alpha value is -2.71. The van der Waals surface area contributed by atoms with Crippen molar-refractivity contribution in [3.63, 3.8) is 0 Å². The molecule has 1 aliphatic carbocycles. The van der Waals surface area contributed by atoms with Crippen LogP contribution in [0.25, 0.3) is 10.6 Å². The predicted octanol–water partition coefficient (Wildman–Crippen LogP) is 5.11. The minimum absolute atomic E-state index is 0.118. The maximum atomic E-state index is 12.8. The molecule has 4 rings (SSSR count). The number of nitrogens with zero attached hydrogens (tertiary/aromatic N) is 1. The number of rotatable bonds is 8. The van der Waals surface area contributed by atoms with Gasteiger partial charge in [-0.2, -0.15) is 0 Å². The molecule has 1 amide bonds. The summed E-state index contributed by atoms with van der Waals surface area (Å²) in [5, 5.41) is 5.19. The van der Waals surface area contributed by atoms with Crippen LogP contribution in [0.4, 0.5) is 5.69 Å². The normalized spacial score (nSPS) is 14.4. The van der Waals surface area contributed by atoms with Gasteiger partial charge in [-0.05, 0) is 62.2 Å². The van der Waals surface area contributed by atoms with Crippen LogP contribution >= 0.6 is 11.3 Å². The zero-order valence-corrected chi connectivity index (χ0v) is 19.5. The molecule has 0 atom stereocenters. The second kappa shape index (κ2) is 9.83. The fourth-order valence-corrected chi connectivity index (χ4v) is 6.62. The molecule has 1 N–H and O–H groups in total. The highest BCUT2D eigenvalue weighted by molar-refractivity contribution is 7.92. The van der Waals surface area contributed by atoms with Crippen molar-refractivity contribution in [1.82, 2.24) is 4.98 Å². The Morgan fingerprint density at radius 2 is 1.91 bits per heavy atom. The fraction of sp³-hybridized carbons (Fsp3) is 0.333. The number of nitrogens with one attached hydrogen (secondary N) is 1. The summed E-state index contributed by atoms with van der Waals surface area (Å²) in [6.45, 7) is 2.56. The molecule has 6 nitrogen and oxygen atoms in total. The molecular formula is C24H26N2O4S2. The molecule has 0 bridgehead atoms. The highest BCUT2D eigenvalue weighted by Crippen LogP contribution is 2.31. The molecule has 0 aliphatic heterocycles. The van der Waals surface area contributed by atoms with E-state index < -0.39 is 9.84 Å². The molecular weight excluding hydrogens is 444 g/mol. The van der Waals surface area contributed by atoms with Crippen LogP contribution in [0.15, 0.2) is 58.8 Å². The summed E-state index contributed by atoms with van der Waals surface area (Å²) in [5.41, 5.74) is 2.12. The van der Waals surface area contributed by atoms with Crippen molar-refractivity contribution in [3.8, 4) is 16.3 Å². The first-order valence-electron chi connectivity index (χ1n) is 10.8. The Labute approximate surface area is 192 Å². The van der Waals surface area contributed by atoms with Crippen molar-refractivity contribution in [2.24, 2.45) is 0 Å². The van der Waals surface area contributed by atoms with Crippen LogP contribution in [-0.2, 0) is 21.1 Å². The Morgan fingerprint density at radius 1 is 1.16 bits per heavy atom. The molecule has 0 unspecified atom stereocenters. The molecule has 168 valence electrons. The van der Waals surface area contributed by atoms with Gasteiger partial charge in [0.1, 0.15) is 10.8 Å². The Balaban J connectivity index is 1.40. The lowest BCUT2D eigenvalue weighted by Crippen LogP contribution is -2.19. The second-order valence-electron chi connectivity index (χ2n) is 7.81. The molecule has 0 saturated heterocycles. The van der Waals surface area contributed by atoms with Gasteiger partial charge in [-0.1, -0.05) is 18.9 Å². The molecule has 0 spiro atoms. The SMILES string of the molecule is CCOc1ccc(-c2nc(CC(=O)Nc3cccc(S(=O)(=O)C4CCCC4)c3)cs2)cc1. The highest BCUT2D eigenvalue weighted by Gasteiger charge is 2.30. The third kappa shape index (κ3) is 5.19. The number of carbonyl (C=O) groups excluding carboxylic acids is 1. The van der Waals surface area contributed by atoms with E-state index in [-0.39, 0.29) is 22.5 Å². The first kappa shape index (κ1) is 22.5. The van der Waals surface area contributed by atoms with Gasteiger partial charge < -0.3 is 10.1 Å². The van der Waals surface area contributed by atoms with Crippen LogP contribution in [0.2, 0.25) is 0 Å². The standard InChI is InChI=1S/C24H26N2O4S2/c1-2-30-20-12-10-17(11-13-20)24-26-19(16-31-24)15-23(27)25-18-6-5-9-22(14-18)32(28,29)21-7-3-4-8-21/h5-6,9-14,16,21H,2-4,7-8,15H2,1H3,(H,25,27). The van der Waals surface area contributed by atoms with E-state index in [1.54, 1.807) is 24.3 Å². The largest absolute Gasteiger partial charge is 0.494 e. The number of hydrogen-bond acceptors (Lipinski definition) is 6. The van der Waals surface area contributed by atoms with Crippen molar-refractivity contribution < 1.29 is 17.9 Å². The van der Waals surface area contributed by atoms with Gasteiger partial charge in [0.15, 0.2) is 9.84 Å². The summed E-state index contributed by atoms with van der Waals surface area (Å²) in [7, 11) is -3.36. The second-order valence-corrected chi connectivity index (χ2v) is 10.9. The van der Waals surface area contributed by atoms with Crippen LogP contribution in [0.1, 0.15) is 38.3 Å². The molecule has 1 saturated carbocycles. The number of amides is 1. The van der Waals surface area contributed by atoms with Crippen molar-refractivity contribution >= 4 is 32.8 Å². The summed E-state index contributed by atoms with van der Waals surface area (Å²) >= 11 is 1.48. The number of ether oxygens (including phenoxy) is 1. The van der Waals surface area contributed by atoms with Crippen LogP contribution < -0.4 is 10.1 Å². The van der Waals surface area contributed by atoms with E-state index in [1.807, 2.05) is 36.6 Å². The quantitative estimate of drug-likeness (QED) is 0.495. The lowest BCUT2D eigenvalue weighted by molar-refractivity contribution is -0.115. The first-order valence-corrected chi connectivity index (χ1v) is 13.2. The molecule has 2 aromatic carbocycles. The molecule has 1 aromatic heterocycles. The topological polar surface area (TPSA) is 85.4 Å². The zero-order valence-electron chi connectivity index (χ0n) is 17.9. The maximum absolute atomic E-state index is 12.8. The highest BCUT2D eigenvalue weighted by atomic mass is 32.2. The molecule has 1 heterocycles. The molecule has 32 heavy (non-hydrogen) atoms. The Kier molecular flexibility index (Phi) is 6.91. The van der Waals surface area contributed by atoms with E-state index >= 15 is 0 Å². The van der Waals surface area contributed by atoms with E-state index in [4.69, 9.17) is 4.74 Å². The van der Waals surface area contributed by atoms with Gasteiger partial charge in [0, 0.05) is 16.6 Å². The van der Waals surface area contributed by atoms with E-state index in [2.05, 4.69) is 10.3 Å². The van der Waals surface area contributed by atoms with Crippen LogP contribution in [-0.4, -0.2) is 31.2 Å². The van der Waals surface area contributed by atoms with Gasteiger partial charge in [-0.3, -0.25) is 4.79 Å². The number of carbonyl (C=O) groups is 1. The van der Waals surface area contributed by atoms with E-state index in [9.17, 15) is 13.2 Å². The van der Waals surface area contributed by atoms with E-state index in [1.165, 1.54) is 11.3 Å². The summed E-state index contributed by atoms with van der Waals surface area (Å²) in [5.74, 6) is 0.577. The van der Waals surface area contributed by atoms with Gasteiger partial charge in [-0.15, -0.1) is 11.3 Å². The number of anilines is 1. The monoisotopic (exact) mass is 470 g/mol.